The largest absolute Gasteiger partial charge is 0.497 e. The van der Waals surface area contributed by atoms with E-state index in [2.05, 4.69) is 10.1 Å². The molecule has 0 saturated heterocycles. The molecule has 2 N–H and O–H groups in total. The molecule has 0 radical (unpaired) electrons. The summed E-state index contributed by atoms with van der Waals surface area (Å²) in [5.41, 5.74) is 2.32. The van der Waals surface area contributed by atoms with E-state index >= 15 is 8.78 Å². The molecule has 1 atom stereocenters. The van der Waals surface area contributed by atoms with Crippen molar-refractivity contribution in [2.24, 2.45) is 0 Å². The van der Waals surface area contributed by atoms with Crippen LogP contribution in [-0.4, -0.2) is 92.2 Å². The monoisotopic (exact) mass is 794 g/mol. The fraction of sp³-hybridized carbons (Fsp3) is 0.400. The van der Waals surface area contributed by atoms with Gasteiger partial charge in [0.15, 0.2) is 23.0 Å². The van der Waals surface area contributed by atoms with Gasteiger partial charge in [-0.2, -0.15) is 4.98 Å². The number of hydrogen-bond donors (Lipinski definition) is 2. The number of aromatic nitrogens is 4. The van der Waals surface area contributed by atoms with Gasteiger partial charge in [0.1, 0.15) is 41.5 Å². The van der Waals surface area contributed by atoms with Crippen LogP contribution in [0.25, 0.3) is 5.65 Å². The predicted molar refractivity (Wildman–Crippen MR) is 206 cm³/mol. The Morgan fingerprint density at radius 2 is 1.53 bits per heavy atom. The molecule has 0 aliphatic heterocycles. The maximum atomic E-state index is 15.6. The van der Waals surface area contributed by atoms with Crippen LogP contribution in [0, 0.1) is 11.6 Å². The molecule has 5 rings (SSSR count). The number of nitrogens with zero attached hydrogens (tertiary/aromatic N) is 5. The van der Waals surface area contributed by atoms with E-state index in [9.17, 15) is 9.90 Å². The van der Waals surface area contributed by atoms with Crippen molar-refractivity contribution < 1.29 is 51.8 Å². The molecular weight excluding hydrogens is 746 g/mol. The molecule has 5 aromatic rings. The Labute approximate surface area is 329 Å². The van der Waals surface area contributed by atoms with E-state index in [1.165, 1.54) is 17.8 Å². The summed E-state index contributed by atoms with van der Waals surface area (Å²) in [7, 11) is 7.51. The highest BCUT2D eigenvalue weighted by molar-refractivity contribution is 5.67. The second-order valence-corrected chi connectivity index (χ2v) is 12.8. The van der Waals surface area contributed by atoms with Crippen molar-refractivity contribution in [1.29, 1.82) is 0 Å². The van der Waals surface area contributed by atoms with Crippen LogP contribution >= 0.6 is 0 Å². The fourth-order valence-electron chi connectivity index (χ4n) is 6.13. The normalized spacial score (nSPS) is 11.5. The maximum absolute atomic E-state index is 15.6. The standard InChI is InChI=1S/C40H48F2N6O9/c1-7-8-29(13-15-49)57-39-45-38(47(23-25-9-11-30(51-2)19-34(25)53-4)24-26-10-12-31(52-3)20-35(26)54-5)37-44-22-28(48(37)46-39)17-27-18-33(42)36(21-32(27)41)56-16-14-43-40(50)55-6/h9-12,18-22,29,49H,7-8,13-17,23-24H2,1-6H3,(H,43,50). The summed E-state index contributed by atoms with van der Waals surface area (Å²) in [5.74, 6) is 0.895. The highest BCUT2D eigenvalue weighted by atomic mass is 19.1. The first-order valence-electron chi connectivity index (χ1n) is 18.3. The lowest BCUT2D eigenvalue weighted by molar-refractivity contribution is 0.133. The Kier molecular flexibility index (Phi) is 14.9. The van der Waals surface area contributed by atoms with Crippen molar-refractivity contribution >= 4 is 17.6 Å². The minimum Gasteiger partial charge on any atom is -0.497 e. The number of methoxy groups -OCH3 is 5. The van der Waals surface area contributed by atoms with Crippen LogP contribution in [0.2, 0.25) is 0 Å². The molecule has 0 aliphatic carbocycles. The summed E-state index contributed by atoms with van der Waals surface area (Å²) in [6, 6.07) is 13.0. The third kappa shape index (κ3) is 10.6. The third-order valence-electron chi connectivity index (χ3n) is 9.03. The molecular formula is C40H48F2N6O9. The number of imidazole rings is 1. The maximum Gasteiger partial charge on any atom is 0.406 e. The summed E-state index contributed by atoms with van der Waals surface area (Å²) in [6.45, 7) is 2.31. The number of halogens is 2. The van der Waals surface area contributed by atoms with E-state index in [0.717, 1.165) is 29.7 Å². The van der Waals surface area contributed by atoms with Crippen molar-refractivity contribution in [1.82, 2.24) is 24.9 Å². The first-order valence-corrected chi connectivity index (χ1v) is 18.3. The number of aliphatic hydroxyl groups is 1. The Morgan fingerprint density at radius 3 is 2.11 bits per heavy atom. The second-order valence-electron chi connectivity index (χ2n) is 12.8. The predicted octanol–water partition coefficient (Wildman–Crippen LogP) is 5.90. The van der Waals surface area contributed by atoms with E-state index in [4.69, 9.17) is 43.5 Å². The van der Waals surface area contributed by atoms with Gasteiger partial charge in [-0.25, -0.2) is 23.1 Å². The molecule has 2 aromatic heterocycles. The lowest BCUT2D eigenvalue weighted by Gasteiger charge is -2.27. The topological polar surface area (TPSA) is 160 Å². The average Bonchev–Trinajstić information content (AvgIpc) is 3.62. The van der Waals surface area contributed by atoms with Gasteiger partial charge in [-0.15, -0.1) is 5.10 Å². The Hall–Kier alpha value is -6.10. The summed E-state index contributed by atoms with van der Waals surface area (Å²) in [6.07, 6.45) is 2.08. The lowest BCUT2D eigenvalue weighted by atomic mass is 10.1. The number of ether oxygens (including phenoxy) is 7. The van der Waals surface area contributed by atoms with E-state index in [1.807, 2.05) is 36.1 Å². The average molecular weight is 795 g/mol. The number of hydrogen-bond acceptors (Lipinski definition) is 13. The van der Waals surface area contributed by atoms with Gasteiger partial charge < -0.3 is 48.5 Å². The number of rotatable bonds is 21. The van der Waals surface area contributed by atoms with Gasteiger partial charge in [0.05, 0.1) is 54.0 Å². The number of fused-ring (bicyclic) bond motifs is 1. The summed E-state index contributed by atoms with van der Waals surface area (Å²) >= 11 is 0. The van der Waals surface area contributed by atoms with Crippen molar-refractivity contribution in [3.8, 4) is 34.8 Å². The second kappa shape index (κ2) is 20.2. The number of amides is 1. The molecule has 306 valence electrons. The molecule has 17 heteroatoms. The zero-order valence-electron chi connectivity index (χ0n) is 32.8. The molecule has 0 bridgehead atoms. The quantitative estimate of drug-likeness (QED) is 0.0847. The van der Waals surface area contributed by atoms with Gasteiger partial charge in [-0.05, 0) is 42.3 Å². The van der Waals surface area contributed by atoms with Crippen LogP contribution in [0.1, 0.15) is 48.6 Å². The van der Waals surface area contributed by atoms with Crippen molar-refractivity contribution in [3.05, 3.63) is 88.7 Å². The van der Waals surface area contributed by atoms with E-state index in [1.54, 1.807) is 40.6 Å². The van der Waals surface area contributed by atoms with Crippen molar-refractivity contribution in [2.45, 2.75) is 51.8 Å². The van der Waals surface area contributed by atoms with Gasteiger partial charge in [-0.3, -0.25) is 0 Å². The minimum absolute atomic E-state index is 0.00648. The molecule has 3 aromatic carbocycles. The number of carbonyl (C=O) groups excluding carboxylic acids is 1. The number of alkyl carbamates (subject to hydrolysis) is 1. The number of benzene rings is 3. The summed E-state index contributed by atoms with van der Waals surface area (Å²) < 4.78 is 70.9. The molecule has 2 heterocycles. The highest BCUT2D eigenvalue weighted by Gasteiger charge is 2.25. The number of carbonyl (C=O) groups is 1. The zero-order chi connectivity index (χ0) is 40.9. The van der Waals surface area contributed by atoms with Gasteiger partial charge in [0, 0.05) is 61.9 Å². The van der Waals surface area contributed by atoms with E-state index in [-0.39, 0.29) is 56.6 Å². The van der Waals surface area contributed by atoms with Crippen LogP contribution in [-0.2, 0) is 24.2 Å². The molecule has 0 fully saturated rings. The van der Waals surface area contributed by atoms with Gasteiger partial charge >= 0.3 is 12.1 Å². The van der Waals surface area contributed by atoms with Crippen molar-refractivity contribution in [3.63, 3.8) is 0 Å². The van der Waals surface area contributed by atoms with Crippen LogP contribution in [0.4, 0.5) is 19.4 Å². The van der Waals surface area contributed by atoms with Gasteiger partial charge in [0.25, 0.3) is 0 Å². The van der Waals surface area contributed by atoms with Crippen molar-refractivity contribution in [2.75, 3.05) is 60.2 Å². The molecule has 0 saturated carbocycles. The van der Waals surface area contributed by atoms with Crippen LogP contribution < -0.4 is 38.6 Å². The smallest absolute Gasteiger partial charge is 0.406 e. The first kappa shape index (κ1) is 42.1. The number of nitrogens with one attached hydrogen (secondary N) is 1. The minimum atomic E-state index is -0.794. The molecule has 57 heavy (non-hydrogen) atoms. The fourth-order valence-corrected chi connectivity index (χ4v) is 6.13. The molecule has 1 amide bonds. The first-order chi connectivity index (χ1) is 27.6. The van der Waals surface area contributed by atoms with E-state index in [0.29, 0.717) is 53.0 Å². The number of anilines is 1. The van der Waals surface area contributed by atoms with Crippen LogP contribution in [0.15, 0.2) is 54.7 Å². The summed E-state index contributed by atoms with van der Waals surface area (Å²) in [5, 5.41) is 16.9. The van der Waals surface area contributed by atoms with E-state index < -0.39 is 23.8 Å². The van der Waals surface area contributed by atoms with Crippen LogP contribution in [0.5, 0.6) is 34.8 Å². The Balaban J connectivity index is 1.61. The SMILES string of the molecule is CCCC(CCO)Oc1nc(N(Cc2ccc(OC)cc2OC)Cc2ccc(OC)cc2OC)c2ncc(Cc3cc(F)c(OCCNC(=O)OC)cc3F)n2n1. The lowest BCUT2D eigenvalue weighted by Crippen LogP contribution is -2.27. The zero-order valence-corrected chi connectivity index (χ0v) is 32.8. The molecule has 0 spiro atoms. The Morgan fingerprint density at radius 1 is 0.860 bits per heavy atom. The molecule has 1 unspecified atom stereocenters. The highest BCUT2D eigenvalue weighted by Crippen LogP contribution is 2.34. The third-order valence-corrected chi connectivity index (χ3v) is 9.03. The van der Waals surface area contributed by atoms with Gasteiger partial charge in [-0.1, -0.05) is 13.3 Å². The van der Waals surface area contributed by atoms with Gasteiger partial charge in [0.2, 0.25) is 0 Å². The number of aliphatic hydroxyl groups excluding tert-OH is 1. The summed E-state index contributed by atoms with van der Waals surface area (Å²) in [4.78, 5) is 22.9. The van der Waals surface area contributed by atoms with Crippen LogP contribution in [0.3, 0.4) is 0 Å². The molecule has 0 aliphatic rings. The molecule has 15 nitrogen and oxygen atoms in total. The Bertz CT molecular complexity index is 2050.